The molecule has 1 atom stereocenters. The number of hydrogen-bond acceptors (Lipinski definition) is 3. The van der Waals surface area contributed by atoms with Crippen LogP contribution in [-0.4, -0.2) is 64.3 Å². The first kappa shape index (κ1) is 16.8. The fraction of sp³-hybridized carbons (Fsp3) is 0.500. The standard InChI is InChI=1S/C16H19F3N4O/c1-11(16(17,18)19)22-4-6-23(7-5-22)15(24)9-12-2-3-13-10-20-21-14(13)8-12/h2-3,8,10-11H,4-7,9H2,1H3,(H,20,21). The molecule has 24 heavy (non-hydrogen) atoms. The van der Waals surface area contributed by atoms with Crippen molar-refractivity contribution in [1.29, 1.82) is 0 Å². The zero-order valence-electron chi connectivity index (χ0n) is 13.3. The van der Waals surface area contributed by atoms with Gasteiger partial charge in [-0.1, -0.05) is 12.1 Å². The van der Waals surface area contributed by atoms with E-state index in [9.17, 15) is 18.0 Å². The molecule has 1 aromatic heterocycles. The van der Waals surface area contributed by atoms with E-state index in [1.807, 2.05) is 18.2 Å². The predicted molar refractivity (Wildman–Crippen MR) is 83.5 cm³/mol. The van der Waals surface area contributed by atoms with Crippen molar-refractivity contribution in [3.63, 3.8) is 0 Å². The number of fused-ring (bicyclic) bond motifs is 1. The average molecular weight is 340 g/mol. The van der Waals surface area contributed by atoms with E-state index in [-0.39, 0.29) is 25.4 Å². The largest absolute Gasteiger partial charge is 0.403 e. The van der Waals surface area contributed by atoms with Crippen LogP contribution in [0.3, 0.4) is 0 Å². The number of aromatic amines is 1. The number of nitrogens with zero attached hydrogens (tertiary/aromatic N) is 3. The molecule has 0 spiro atoms. The van der Waals surface area contributed by atoms with Crippen LogP contribution in [0.5, 0.6) is 0 Å². The fourth-order valence-corrected chi connectivity index (χ4v) is 2.95. The minimum atomic E-state index is -4.23. The number of alkyl halides is 3. The Morgan fingerprint density at radius 3 is 2.67 bits per heavy atom. The number of H-pyrrole nitrogens is 1. The van der Waals surface area contributed by atoms with Crippen molar-refractivity contribution in [3.05, 3.63) is 30.0 Å². The van der Waals surface area contributed by atoms with E-state index in [4.69, 9.17) is 0 Å². The molecule has 1 unspecified atom stereocenters. The van der Waals surface area contributed by atoms with E-state index in [1.54, 1.807) is 11.1 Å². The smallest absolute Gasteiger partial charge is 0.340 e. The molecular weight excluding hydrogens is 321 g/mol. The van der Waals surface area contributed by atoms with Gasteiger partial charge in [0.15, 0.2) is 0 Å². The second kappa shape index (κ2) is 6.43. The van der Waals surface area contributed by atoms with Crippen LogP contribution < -0.4 is 0 Å². The number of nitrogens with one attached hydrogen (secondary N) is 1. The highest BCUT2D eigenvalue weighted by atomic mass is 19.4. The summed E-state index contributed by atoms with van der Waals surface area (Å²) in [6.07, 6.45) is -2.28. The van der Waals surface area contributed by atoms with Gasteiger partial charge < -0.3 is 4.90 Å². The summed E-state index contributed by atoms with van der Waals surface area (Å²) >= 11 is 0. The third-order valence-corrected chi connectivity index (χ3v) is 4.55. The molecule has 8 heteroatoms. The van der Waals surface area contributed by atoms with Crippen molar-refractivity contribution in [2.24, 2.45) is 0 Å². The molecule has 0 bridgehead atoms. The van der Waals surface area contributed by atoms with E-state index in [1.165, 1.54) is 4.90 Å². The summed E-state index contributed by atoms with van der Waals surface area (Å²) in [7, 11) is 0. The lowest BCUT2D eigenvalue weighted by Gasteiger charge is -2.38. The van der Waals surface area contributed by atoms with Gasteiger partial charge in [0.25, 0.3) is 0 Å². The first-order chi connectivity index (χ1) is 11.3. The Morgan fingerprint density at radius 2 is 2.00 bits per heavy atom. The van der Waals surface area contributed by atoms with Crippen LogP contribution in [0.4, 0.5) is 13.2 Å². The number of amides is 1. The molecule has 1 N–H and O–H groups in total. The van der Waals surface area contributed by atoms with Crippen LogP contribution in [0.25, 0.3) is 10.9 Å². The van der Waals surface area contributed by atoms with Gasteiger partial charge in [-0.15, -0.1) is 0 Å². The van der Waals surface area contributed by atoms with Gasteiger partial charge in [-0.3, -0.25) is 14.8 Å². The zero-order chi connectivity index (χ0) is 17.3. The molecule has 1 saturated heterocycles. The molecular formula is C16H19F3N4O. The van der Waals surface area contributed by atoms with Crippen molar-refractivity contribution in [1.82, 2.24) is 20.0 Å². The van der Waals surface area contributed by atoms with Gasteiger partial charge in [-0.25, -0.2) is 0 Å². The summed E-state index contributed by atoms with van der Waals surface area (Å²) in [5, 5.41) is 7.77. The van der Waals surface area contributed by atoms with Crippen molar-refractivity contribution in [2.45, 2.75) is 25.6 Å². The fourth-order valence-electron chi connectivity index (χ4n) is 2.95. The molecule has 1 aromatic carbocycles. The second-order valence-corrected chi connectivity index (χ2v) is 6.10. The molecule has 1 aliphatic rings. The van der Waals surface area contributed by atoms with Gasteiger partial charge >= 0.3 is 6.18 Å². The molecule has 1 fully saturated rings. The van der Waals surface area contributed by atoms with Gasteiger partial charge in [0.05, 0.1) is 18.1 Å². The quantitative estimate of drug-likeness (QED) is 0.932. The second-order valence-electron chi connectivity index (χ2n) is 6.10. The van der Waals surface area contributed by atoms with Crippen LogP contribution in [-0.2, 0) is 11.2 Å². The molecule has 0 saturated carbocycles. The molecule has 2 aromatic rings. The lowest BCUT2D eigenvalue weighted by Crippen LogP contribution is -2.55. The summed E-state index contributed by atoms with van der Waals surface area (Å²) < 4.78 is 38.2. The Hall–Kier alpha value is -2.09. The lowest BCUT2D eigenvalue weighted by atomic mass is 10.1. The van der Waals surface area contributed by atoms with Gasteiger partial charge in [0, 0.05) is 31.6 Å². The average Bonchev–Trinajstić information content (AvgIpc) is 3.01. The summed E-state index contributed by atoms with van der Waals surface area (Å²) in [6.45, 7) is 2.30. The van der Waals surface area contributed by atoms with Crippen molar-refractivity contribution in [2.75, 3.05) is 26.2 Å². The molecule has 1 amide bonds. The highest BCUT2D eigenvalue weighted by Crippen LogP contribution is 2.25. The summed E-state index contributed by atoms with van der Waals surface area (Å²) in [6, 6.07) is 4.17. The number of carbonyl (C=O) groups is 1. The maximum Gasteiger partial charge on any atom is 0.403 e. The number of aromatic nitrogens is 2. The summed E-state index contributed by atoms with van der Waals surface area (Å²) in [4.78, 5) is 15.4. The summed E-state index contributed by atoms with van der Waals surface area (Å²) in [5.41, 5.74) is 1.73. The first-order valence-electron chi connectivity index (χ1n) is 7.85. The van der Waals surface area contributed by atoms with Crippen molar-refractivity contribution >= 4 is 16.8 Å². The van der Waals surface area contributed by atoms with E-state index < -0.39 is 12.2 Å². The number of benzene rings is 1. The zero-order valence-corrected chi connectivity index (χ0v) is 13.3. The summed E-state index contributed by atoms with van der Waals surface area (Å²) in [5.74, 6) is -0.0619. The Balaban J connectivity index is 1.57. The van der Waals surface area contributed by atoms with Crippen LogP contribution in [0.15, 0.2) is 24.4 Å². The Kier molecular flexibility index (Phi) is 4.49. The van der Waals surface area contributed by atoms with Crippen LogP contribution in [0, 0.1) is 0 Å². The molecule has 1 aliphatic heterocycles. The first-order valence-corrected chi connectivity index (χ1v) is 7.85. The molecule has 3 rings (SSSR count). The number of piperazine rings is 1. The molecule has 0 radical (unpaired) electrons. The highest BCUT2D eigenvalue weighted by Gasteiger charge is 2.41. The number of halogens is 3. The molecule has 2 heterocycles. The van der Waals surface area contributed by atoms with Gasteiger partial charge in [0.1, 0.15) is 6.04 Å². The van der Waals surface area contributed by atoms with Gasteiger partial charge in [-0.2, -0.15) is 18.3 Å². The SMILES string of the molecule is CC(N1CCN(C(=O)Cc2ccc3cn[nH]c3c2)CC1)C(F)(F)F. The normalized spacial score (nSPS) is 18.1. The lowest BCUT2D eigenvalue weighted by molar-refractivity contribution is -0.182. The third-order valence-electron chi connectivity index (χ3n) is 4.55. The maximum absolute atomic E-state index is 12.7. The highest BCUT2D eigenvalue weighted by molar-refractivity contribution is 5.82. The molecule has 5 nitrogen and oxygen atoms in total. The van der Waals surface area contributed by atoms with Crippen molar-refractivity contribution in [3.8, 4) is 0 Å². The van der Waals surface area contributed by atoms with Gasteiger partial charge in [0.2, 0.25) is 5.91 Å². The van der Waals surface area contributed by atoms with E-state index in [2.05, 4.69) is 10.2 Å². The predicted octanol–water partition coefficient (Wildman–Crippen LogP) is 2.20. The monoisotopic (exact) mass is 340 g/mol. The Bertz CT molecular complexity index is 719. The van der Waals surface area contributed by atoms with E-state index in [0.717, 1.165) is 23.4 Å². The maximum atomic E-state index is 12.7. The van der Waals surface area contributed by atoms with E-state index >= 15 is 0 Å². The minimum Gasteiger partial charge on any atom is -0.340 e. The van der Waals surface area contributed by atoms with Crippen LogP contribution >= 0.6 is 0 Å². The topological polar surface area (TPSA) is 52.2 Å². The molecule has 0 aliphatic carbocycles. The van der Waals surface area contributed by atoms with Gasteiger partial charge in [-0.05, 0) is 18.6 Å². The van der Waals surface area contributed by atoms with E-state index in [0.29, 0.717) is 13.1 Å². The van der Waals surface area contributed by atoms with Crippen molar-refractivity contribution < 1.29 is 18.0 Å². The number of rotatable bonds is 3. The minimum absolute atomic E-state index is 0.0619. The van der Waals surface area contributed by atoms with Crippen LogP contribution in [0.1, 0.15) is 12.5 Å². The number of hydrogen-bond donors (Lipinski definition) is 1. The third kappa shape index (κ3) is 3.53. The Labute approximate surface area is 137 Å². The molecule has 130 valence electrons. The van der Waals surface area contributed by atoms with Crippen LogP contribution in [0.2, 0.25) is 0 Å². The Morgan fingerprint density at radius 1 is 1.29 bits per heavy atom. The number of carbonyl (C=O) groups excluding carboxylic acids is 1.